The number of thiocarbonyl (C=S) groups is 1. The summed E-state index contributed by atoms with van der Waals surface area (Å²) in [6, 6.07) is 12.2. The maximum absolute atomic E-state index is 12.0. The van der Waals surface area contributed by atoms with Crippen LogP contribution < -0.4 is 15.4 Å². The molecule has 23 heavy (non-hydrogen) atoms. The normalized spacial score (nSPS) is 10.0. The number of carbonyl (C=O) groups is 1. The number of hydrogen-bond acceptors (Lipinski definition) is 3. The van der Waals surface area contributed by atoms with Gasteiger partial charge in [-0.15, -0.1) is 0 Å². The van der Waals surface area contributed by atoms with Gasteiger partial charge < -0.3 is 15.4 Å². The summed E-state index contributed by atoms with van der Waals surface area (Å²) >= 11 is 16.9. The molecule has 0 fully saturated rings. The third-order valence-corrected chi connectivity index (χ3v) is 3.54. The second-order valence-electron chi connectivity index (χ2n) is 4.69. The second-order valence-corrected chi connectivity index (χ2v) is 5.97. The Morgan fingerprint density at radius 2 is 1.74 bits per heavy atom. The van der Waals surface area contributed by atoms with Crippen molar-refractivity contribution in [3.63, 3.8) is 0 Å². The second kappa shape index (κ2) is 8.15. The topological polar surface area (TPSA) is 50.4 Å². The number of nitrogens with one attached hydrogen (secondary N) is 2. The highest BCUT2D eigenvalue weighted by Crippen LogP contribution is 2.22. The number of benzene rings is 2. The van der Waals surface area contributed by atoms with E-state index in [-0.39, 0.29) is 17.4 Å². The number of carbonyl (C=O) groups excluding carboxylic acids is 1. The van der Waals surface area contributed by atoms with Crippen LogP contribution in [0, 0.1) is 0 Å². The molecule has 0 bridgehead atoms. The molecule has 0 saturated carbocycles. The van der Waals surface area contributed by atoms with Gasteiger partial charge in [-0.25, -0.2) is 0 Å². The zero-order valence-corrected chi connectivity index (χ0v) is 14.6. The molecule has 7 heteroatoms. The summed E-state index contributed by atoms with van der Waals surface area (Å²) in [6.07, 6.45) is 0.210. The van der Waals surface area contributed by atoms with Gasteiger partial charge in [0.1, 0.15) is 5.75 Å². The van der Waals surface area contributed by atoms with Gasteiger partial charge in [0.2, 0.25) is 5.91 Å². The lowest BCUT2D eigenvalue weighted by atomic mass is 10.1. The van der Waals surface area contributed by atoms with E-state index in [1.54, 1.807) is 37.4 Å². The van der Waals surface area contributed by atoms with E-state index in [1.165, 1.54) is 0 Å². The molecular formula is C16H14Cl2N2O2S. The van der Waals surface area contributed by atoms with Crippen LogP contribution in [0.4, 0.5) is 5.69 Å². The SMILES string of the molecule is COc1ccc(CC(=O)NC(=S)Nc2cc(Cl)cc(Cl)c2)cc1. The number of anilines is 1. The number of ether oxygens (including phenoxy) is 1. The predicted molar refractivity (Wildman–Crippen MR) is 97.5 cm³/mol. The van der Waals surface area contributed by atoms with Gasteiger partial charge in [-0.1, -0.05) is 35.3 Å². The van der Waals surface area contributed by atoms with Crippen molar-refractivity contribution in [3.05, 3.63) is 58.1 Å². The Morgan fingerprint density at radius 1 is 1.13 bits per heavy atom. The van der Waals surface area contributed by atoms with Crippen LogP contribution in [-0.2, 0) is 11.2 Å². The lowest BCUT2D eigenvalue weighted by Crippen LogP contribution is -2.35. The molecule has 0 atom stereocenters. The van der Waals surface area contributed by atoms with E-state index in [0.29, 0.717) is 15.7 Å². The highest BCUT2D eigenvalue weighted by atomic mass is 35.5. The van der Waals surface area contributed by atoms with Crippen LogP contribution in [-0.4, -0.2) is 18.1 Å². The number of halogens is 2. The fraction of sp³-hybridized carbons (Fsp3) is 0.125. The minimum absolute atomic E-state index is 0.182. The van der Waals surface area contributed by atoms with Crippen molar-refractivity contribution in [2.24, 2.45) is 0 Å². The van der Waals surface area contributed by atoms with Crippen LogP contribution in [0.5, 0.6) is 5.75 Å². The Labute approximate surface area is 149 Å². The molecule has 0 spiro atoms. The summed E-state index contributed by atoms with van der Waals surface area (Å²) in [6.45, 7) is 0. The zero-order valence-electron chi connectivity index (χ0n) is 12.2. The predicted octanol–water partition coefficient (Wildman–Crippen LogP) is 4.06. The molecule has 0 aliphatic rings. The molecule has 120 valence electrons. The van der Waals surface area contributed by atoms with Crippen molar-refractivity contribution in [2.45, 2.75) is 6.42 Å². The van der Waals surface area contributed by atoms with Crippen LogP contribution in [0.3, 0.4) is 0 Å². The molecule has 2 rings (SSSR count). The van der Waals surface area contributed by atoms with E-state index >= 15 is 0 Å². The van der Waals surface area contributed by atoms with Gasteiger partial charge in [0, 0.05) is 15.7 Å². The third kappa shape index (κ3) is 5.71. The van der Waals surface area contributed by atoms with E-state index in [9.17, 15) is 4.79 Å². The molecule has 0 heterocycles. The van der Waals surface area contributed by atoms with Gasteiger partial charge in [-0.2, -0.15) is 0 Å². The van der Waals surface area contributed by atoms with Crippen LogP contribution in [0.15, 0.2) is 42.5 Å². The molecule has 0 aliphatic carbocycles. The van der Waals surface area contributed by atoms with Crippen molar-refractivity contribution in [1.82, 2.24) is 5.32 Å². The average molecular weight is 369 g/mol. The zero-order chi connectivity index (χ0) is 16.8. The molecule has 2 aromatic rings. The molecule has 0 unspecified atom stereocenters. The van der Waals surface area contributed by atoms with Crippen molar-refractivity contribution in [3.8, 4) is 5.75 Å². The lowest BCUT2D eigenvalue weighted by molar-refractivity contribution is -0.119. The average Bonchev–Trinajstić information content (AvgIpc) is 2.46. The molecule has 0 aromatic heterocycles. The maximum atomic E-state index is 12.0. The van der Waals surface area contributed by atoms with Crippen LogP contribution >= 0.6 is 35.4 Å². The van der Waals surface area contributed by atoms with E-state index in [2.05, 4.69) is 10.6 Å². The summed E-state index contributed by atoms with van der Waals surface area (Å²) < 4.78 is 5.07. The molecule has 0 aliphatic heterocycles. The molecular weight excluding hydrogens is 355 g/mol. The molecule has 1 amide bonds. The largest absolute Gasteiger partial charge is 0.497 e. The number of hydrogen-bond donors (Lipinski definition) is 2. The van der Waals surface area contributed by atoms with Gasteiger partial charge in [0.25, 0.3) is 0 Å². The van der Waals surface area contributed by atoms with Gasteiger partial charge in [0.15, 0.2) is 5.11 Å². The fourth-order valence-corrected chi connectivity index (χ4v) is 2.65. The highest BCUT2D eigenvalue weighted by molar-refractivity contribution is 7.80. The highest BCUT2D eigenvalue weighted by Gasteiger charge is 2.07. The van der Waals surface area contributed by atoms with Gasteiger partial charge in [0.05, 0.1) is 13.5 Å². The summed E-state index contributed by atoms with van der Waals surface area (Å²) in [7, 11) is 1.59. The summed E-state index contributed by atoms with van der Waals surface area (Å²) in [5, 5.41) is 6.62. The summed E-state index contributed by atoms with van der Waals surface area (Å²) in [5.41, 5.74) is 1.47. The van der Waals surface area contributed by atoms with Gasteiger partial charge in [-0.05, 0) is 48.1 Å². The number of rotatable bonds is 4. The fourth-order valence-electron chi connectivity index (χ4n) is 1.89. The summed E-state index contributed by atoms with van der Waals surface area (Å²) in [4.78, 5) is 12.0. The first kappa shape index (κ1) is 17.5. The maximum Gasteiger partial charge on any atom is 0.230 e. The minimum Gasteiger partial charge on any atom is -0.497 e. The third-order valence-electron chi connectivity index (χ3n) is 2.90. The molecule has 0 saturated heterocycles. The molecule has 4 nitrogen and oxygen atoms in total. The van der Waals surface area contributed by atoms with Crippen molar-refractivity contribution >= 4 is 52.1 Å². The van der Waals surface area contributed by atoms with Crippen LogP contribution in [0.1, 0.15) is 5.56 Å². The Kier molecular flexibility index (Phi) is 6.21. The van der Waals surface area contributed by atoms with Crippen molar-refractivity contribution in [2.75, 3.05) is 12.4 Å². The lowest BCUT2D eigenvalue weighted by Gasteiger charge is -2.10. The van der Waals surface area contributed by atoms with Crippen LogP contribution in [0.25, 0.3) is 0 Å². The molecule has 0 radical (unpaired) electrons. The smallest absolute Gasteiger partial charge is 0.230 e. The standard InChI is InChI=1S/C16H14Cl2N2O2S/c1-22-14-4-2-10(3-5-14)6-15(21)20-16(23)19-13-8-11(17)7-12(18)9-13/h2-5,7-9H,6H2,1H3,(H2,19,20,21,23). The quantitative estimate of drug-likeness (QED) is 0.799. The first-order valence-electron chi connectivity index (χ1n) is 6.66. The Balaban J connectivity index is 1.90. The Hall–Kier alpha value is -1.82. The number of amides is 1. The van der Waals surface area contributed by atoms with Crippen molar-refractivity contribution in [1.29, 1.82) is 0 Å². The first-order chi connectivity index (χ1) is 11.0. The van der Waals surface area contributed by atoms with Crippen LogP contribution in [0.2, 0.25) is 10.0 Å². The number of methoxy groups -OCH3 is 1. The van der Waals surface area contributed by atoms with E-state index < -0.39 is 0 Å². The van der Waals surface area contributed by atoms with E-state index in [4.69, 9.17) is 40.2 Å². The first-order valence-corrected chi connectivity index (χ1v) is 7.82. The van der Waals surface area contributed by atoms with Crippen molar-refractivity contribution < 1.29 is 9.53 Å². The van der Waals surface area contributed by atoms with E-state index in [0.717, 1.165) is 11.3 Å². The van der Waals surface area contributed by atoms with Gasteiger partial charge >= 0.3 is 0 Å². The molecule has 2 aromatic carbocycles. The molecule has 2 N–H and O–H groups in total. The summed E-state index contributed by atoms with van der Waals surface area (Å²) in [5.74, 6) is 0.518. The van der Waals surface area contributed by atoms with Gasteiger partial charge in [-0.3, -0.25) is 4.79 Å². The Bertz CT molecular complexity index is 700. The minimum atomic E-state index is -0.221. The van der Waals surface area contributed by atoms with E-state index in [1.807, 2.05) is 12.1 Å². The Morgan fingerprint density at radius 3 is 2.30 bits per heavy atom. The monoisotopic (exact) mass is 368 g/mol.